The number of rotatable bonds is 5. The third kappa shape index (κ3) is 4.60. The summed E-state index contributed by atoms with van der Waals surface area (Å²) in [7, 11) is 1.60. The summed E-state index contributed by atoms with van der Waals surface area (Å²) in [4.78, 5) is 11.0. The highest BCUT2D eigenvalue weighted by Crippen LogP contribution is 2.25. The molecular formula is C21H24N6O2. The zero-order valence-corrected chi connectivity index (χ0v) is 16.7. The Morgan fingerprint density at radius 3 is 2.59 bits per heavy atom. The largest absolute Gasteiger partial charge is 0.481 e. The van der Waals surface area contributed by atoms with Crippen molar-refractivity contribution in [1.29, 1.82) is 0 Å². The first-order valence-electron chi connectivity index (χ1n) is 9.57. The van der Waals surface area contributed by atoms with Gasteiger partial charge in [-0.2, -0.15) is 5.10 Å². The van der Waals surface area contributed by atoms with Gasteiger partial charge >= 0.3 is 0 Å². The zero-order valence-electron chi connectivity index (χ0n) is 16.7. The summed E-state index contributed by atoms with van der Waals surface area (Å²) < 4.78 is 10.9. The Hall–Kier alpha value is -3.26. The molecule has 1 fully saturated rings. The first-order chi connectivity index (χ1) is 14.1. The van der Waals surface area contributed by atoms with Crippen molar-refractivity contribution in [3.8, 4) is 17.0 Å². The highest BCUT2D eigenvalue weighted by atomic mass is 16.5. The van der Waals surface area contributed by atoms with Crippen LogP contribution in [-0.4, -0.2) is 52.6 Å². The Balaban J connectivity index is 1.52. The predicted molar refractivity (Wildman–Crippen MR) is 112 cm³/mol. The van der Waals surface area contributed by atoms with Crippen LogP contribution in [-0.2, 0) is 4.74 Å². The fourth-order valence-electron chi connectivity index (χ4n) is 3.44. The molecule has 29 heavy (non-hydrogen) atoms. The number of aromatic nitrogens is 4. The number of hydrogen-bond acceptors (Lipinski definition) is 8. The second kappa shape index (κ2) is 8.40. The highest BCUT2D eigenvalue weighted by molar-refractivity contribution is 5.68. The average molecular weight is 392 g/mol. The zero-order chi connectivity index (χ0) is 20.2. The second-order valence-electron chi connectivity index (χ2n) is 7.11. The quantitative estimate of drug-likeness (QED) is 0.708. The van der Waals surface area contributed by atoms with Gasteiger partial charge < -0.3 is 19.7 Å². The number of nitrogens with one attached hydrogen (secondary N) is 1. The average Bonchev–Trinajstić information content (AvgIpc) is 2.73. The third-order valence-corrected chi connectivity index (χ3v) is 4.69. The van der Waals surface area contributed by atoms with Crippen LogP contribution in [0.3, 0.4) is 0 Å². The van der Waals surface area contributed by atoms with Crippen molar-refractivity contribution in [2.24, 2.45) is 0 Å². The number of nitrogens with zero attached hydrogens (tertiary/aromatic N) is 5. The van der Waals surface area contributed by atoms with E-state index in [9.17, 15) is 0 Å². The first kappa shape index (κ1) is 19.1. The molecule has 2 atom stereocenters. The van der Waals surface area contributed by atoms with Gasteiger partial charge in [-0.05, 0) is 32.0 Å². The molecule has 0 bridgehead atoms. The van der Waals surface area contributed by atoms with Crippen molar-refractivity contribution in [1.82, 2.24) is 20.2 Å². The van der Waals surface area contributed by atoms with Gasteiger partial charge in [-0.15, -0.1) is 5.10 Å². The van der Waals surface area contributed by atoms with Crippen LogP contribution in [0.5, 0.6) is 5.88 Å². The predicted octanol–water partition coefficient (Wildman–Crippen LogP) is 3.30. The highest BCUT2D eigenvalue weighted by Gasteiger charge is 2.23. The molecule has 0 aromatic carbocycles. The lowest BCUT2D eigenvalue weighted by molar-refractivity contribution is -0.00545. The second-order valence-corrected chi connectivity index (χ2v) is 7.11. The van der Waals surface area contributed by atoms with Crippen LogP contribution < -0.4 is 15.0 Å². The number of pyridine rings is 2. The van der Waals surface area contributed by atoms with E-state index in [1.807, 2.05) is 30.3 Å². The maximum absolute atomic E-state index is 5.82. The molecule has 0 unspecified atom stereocenters. The summed E-state index contributed by atoms with van der Waals surface area (Å²) >= 11 is 0. The molecule has 0 amide bonds. The molecule has 1 N–H and O–H groups in total. The van der Waals surface area contributed by atoms with Crippen molar-refractivity contribution < 1.29 is 9.47 Å². The summed E-state index contributed by atoms with van der Waals surface area (Å²) in [5.74, 6) is 2.14. The summed E-state index contributed by atoms with van der Waals surface area (Å²) in [5.41, 5.74) is 2.76. The molecule has 0 spiro atoms. The van der Waals surface area contributed by atoms with Gasteiger partial charge in [0.15, 0.2) is 5.82 Å². The molecule has 1 saturated heterocycles. The van der Waals surface area contributed by atoms with Crippen molar-refractivity contribution in [2.45, 2.75) is 26.1 Å². The lowest BCUT2D eigenvalue weighted by Crippen LogP contribution is -2.45. The van der Waals surface area contributed by atoms with Crippen LogP contribution in [0.4, 0.5) is 17.3 Å². The number of methoxy groups -OCH3 is 1. The third-order valence-electron chi connectivity index (χ3n) is 4.69. The molecule has 8 heteroatoms. The minimum Gasteiger partial charge on any atom is -0.481 e. The molecule has 150 valence electrons. The lowest BCUT2D eigenvalue weighted by Gasteiger charge is -2.36. The normalized spacial score (nSPS) is 19.1. The van der Waals surface area contributed by atoms with Gasteiger partial charge in [-0.25, -0.2) is 9.97 Å². The Morgan fingerprint density at radius 1 is 1.03 bits per heavy atom. The molecule has 0 radical (unpaired) electrons. The minimum absolute atomic E-state index is 0.179. The van der Waals surface area contributed by atoms with Gasteiger partial charge in [0, 0.05) is 54.4 Å². The first-order valence-corrected chi connectivity index (χ1v) is 9.57. The molecule has 3 aromatic rings. The minimum atomic E-state index is 0.179. The van der Waals surface area contributed by atoms with E-state index < -0.39 is 0 Å². The van der Waals surface area contributed by atoms with Crippen molar-refractivity contribution in [2.75, 3.05) is 30.4 Å². The number of ether oxygens (including phenoxy) is 2. The molecule has 4 rings (SSSR count). The van der Waals surface area contributed by atoms with Crippen LogP contribution in [0.15, 0.2) is 48.9 Å². The van der Waals surface area contributed by atoms with Crippen LogP contribution in [0.2, 0.25) is 0 Å². The Kier molecular flexibility index (Phi) is 5.53. The van der Waals surface area contributed by atoms with Crippen LogP contribution >= 0.6 is 0 Å². The van der Waals surface area contributed by atoms with Crippen molar-refractivity contribution >= 4 is 17.3 Å². The molecule has 1 aliphatic rings. The Labute approximate surface area is 169 Å². The van der Waals surface area contributed by atoms with E-state index in [-0.39, 0.29) is 12.2 Å². The van der Waals surface area contributed by atoms with Crippen LogP contribution in [0.1, 0.15) is 13.8 Å². The monoisotopic (exact) mass is 392 g/mol. The molecule has 4 heterocycles. The van der Waals surface area contributed by atoms with Gasteiger partial charge in [-0.3, -0.25) is 0 Å². The van der Waals surface area contributed by atoms with E-state index in [1.165, 1.54) is 0 Å². The lowest BCUT2D eigenvalue weighted by atomic mass is 10.1. The Morgan fingerprint density at radius 2 is 1.86 bits per heavy atom. The maximum atomic E-state index is 5.82. The van der Waals surface area contributed by atoms with Crippen LogP contribution in [0, 0.1) is 0 Å². The molecule has 8 nitrogen and oxygen atoms in total. The van der Waals surface area contributed by atoms with Gasteiger partial charge in [-0.1, -0.05) is 0 Å². The number of hydrogen-bond donors (Lipinski definition) is 1. The summed E-state index contributed by atoms with van der Waals surface area (Å²) in [5, 5.41) is 11.6. The summed E-state index contributed by atoms with van der Waals surface area (Å²) in [6.07, 6.45) is 5.62. The fourth-order valence-corrected chi connectivity index (χ4v) is 3.44. The summed E-state index contributed by atoms with van der Waals surface area (Å²) in [6, 6.07) is 9.64. The van der Waals surface area contributed by atoms with Gasteiger partial charge in [0.2, 0.25) is 5.88 Å². The van der Waals surface area contributed by atoms with E-state index in [4.69, 9.17) is 9.47 Å². The molecule has 0 saturated carbocycles. The molecule has 1 aliphatic heterocycles. The standard InChI is InChI=1S/C21H24N6O2/c1-14-12-27(13-15(2)29-14)20-9-18(6-7-22-20)25-19-8-17(11-24-26-19)16-4-5-21(28-3)23-10-16/h4-11,14-15H,12-13H2,1-3H3,(H,22,25,26)/t14-,15+. The smallest absolute Gasteiger partial charge is 0.212 e. The van der Waals surface area contributed by atoms with E-state index in [0.717, 1.165) is 35.7 Å². The Bertz CT molecular complexity index is 955. The van der Waals surface area contributed by atoms with E-state index in [1.54, 1.807) is 25.7 Å². The fraction of sp³-hybridized carbons (Fsp3) is 0.333. The van der Waals surface area contributed by atoms with Gasteiger partial charge in [0.05, 0.1) is 25.5 Å². The summed E-state index contributed by atoms with van der Waals surface area (Å²) in [6.45, 7) is 5.81. The van der Waals surface area contributed by atoms with E-state index in [2.05, 4.69) is 44.2 Å². The number of anilines is 3. The van der Waals surface area contributed by atoms with E-state index >= 15 is 0 Å². The van der Waals surface area contributed by atoms with E-state index in [0.29, 0.717) is 11.7 Å². The molecule has 3 aromatic heterocycles. The van der Waals surface area contributed by atoms with Gasteiger partial charge in [0.25, 0.3) is 0 Å². The van der Waals surface area contributed by atoms with Crippen molar-refractivity contribution in [3.63, 3.8) is 0 Å². The molecule has 0 aliphatic carbocycles. The SMILES string of the molecule is COc1ccc(-c2cnnc(Nc3ccnc(N4C[C@@H](C)O[C@@H](C)C4)c3)c2)cn1. The van der Waals surface area contributed by atoms with Crippen LogP contribution in [0.25, 0.3) is 11.1 Å². The number of morpholine rings is 1. The maximum Gasteiger partial charge on any atom is 0.212 e. The van der Waals surface area contributed by atoms with Crippen molar-refractivity contribution in [3.05, 3.63) is 48.9 Å². The molecular weight excluding hydrogens is 368 g/mol. The topological polar surface area (TPSA) is 85.3 Å². The van der Waals surface area contributed by atoms with Gasteiger partial charge in [0.1, 0.15) is 5.82 Å².